The number of nitrogens with one attached hydrogen (secondary N) is 2. The van der Waals surface area contributed by atoms with E-state index in [9.17, 15) is 8.42 Å². The van der Waals surface area contributed by atoms with Crippen molar-refractivity contribution in [3.63, 3.8) is 0 Å². The molecule has 8 nitrogen and oxygen atoms in total. The Morgan fingerprint density at radius 2 is 1.91 bits per heavy atom. The molecule has 0 radical (unpaired) electrons. The number of aromatic amines is 1. The van der Waals surface area contributed by atoms with Gasteiger partial charge in [-0.05, 0) is 62.2 Å². The molecule has 1 saturated heterocycles. The molecular weight excluding hydrogens is 474 g/mol. The van der Waals surface area contributed by atoms with Crippen LogP contribution in [0, 0.1) is 0 Å². The maximum absolute atomic E-state index is 12.6. The van der Waals surface area contributed by atoms with Gasteiger partial charge in [0.15, 0.2) is 0 Å². The SMILES string of the molecule is CN1CCN(CCCOc2ccc(S(=O)(=O)NCCCc3c[nH]c4ncc(Cl)cc34)cc2)CC1. The maximum atomic E-state index is 12.6. The van der Waals surface area contributed by atoms with Crippen molar-refractivity contribution in [3.05, 3.63) is 53.3 Å². The minimum Gasteiger partial charge on any atom is -0.494 e. The van der Waals surface area contributed by atoms with Crippen LogP contribution in [0.5, 0.6) is 5.75 Å². The summed E-state index contributed by atoms with van der Waals surface area (Å²) < 4.78 is 33.7. The quantitative estimate of drug-likeness (QED) is 0.389. The Bertz CT molecular complexity index is 1180. The Labute approximate surface area is 206 Å². The number of aryl methyl sites for hydroxylation is 1. The Kier molecular flexibility index (Phi) is 8.44. The number of H-pyrrole nitrogens is 1. The molecule has 0 spiro atoms. The number of likely N-dealkylation sites (N-methyl/N-ethyl adjacent to an activating group) is 1. The normalized spacial score (nSPS) is 15.7. The van der Waals surface area contributed by atoms with Gasteiger partial charge in [-0.3, -0.25) is 0 Å². The van der Waals surface area contributed by atoms with Crippen LogP contribution in [0.15, 0.2) is 47.6 Å². The van der Waals surface area contributed by atoms with Crippen molar-refractivity contribution < 1.29 is 13.2 Å². The average molecular weight is 506 g/mol. The number of rotatable bonds is 11. The largest absolute Gasteiger partial charge is 0.494 e. The highest BCUT2D eigenvalue weighted by atomic mass is 35.5. The van der Waals surface area contributed by atoms with E-state index in [2.05, 4.69) is 31.5 Å². The van der Waals surface area contributed by atoms with Crippen LogP contribution in [-0.4, -0.2) is 81.1 Å². The fourth-order valence-electron chi connectivity index (χ4n) is 4.07. The highest BCUT2D eigenvalue weighted by molar-refractivity contribution is 7.89. The lowest BCUT2D eigenvalue weighted by molar-refractivity contribution is 0.145. The summed E-state index contributed by atoms with van der Waals surface area (Å²) in [5, 5.41) is 1.55. The molecule has 0 aliphatic carbocycles. The topological polar surface area (TPSA) is 90.6 Å². The highest BCUT2D eigenvalue weighted by Gasteiger charge is 2.15. The second-order valence-corrected chi connectivity index (χ2v) is 10.9. The van der Waals surface area contributed by atoms with Gasteiger partial charge >= 0.3 is 0 Å². The van der Waals surface area contributed by atoms with Crippen LogP contribution in [0.1, 0.15) is 18.4 Å². The summed E-state index contributed by atoms with van der Waals surface area (Å²) in [7, 11) is -1.42. The molecule has 1 aliphatic heterocycles. The Morgan fingerprint density at radius 3 is 2.68 bits per heavy atom. The van der Waals surface area contributed by atoms with Crippen LogP contribution in [0.3, 0.4) is 0 Å². The van der Waals surface area contributed by atoms with E-state index in [1.54, 1.807) is 30.5 Å². The zero-order valence-electron chi connectivity index (χ0n) is 19.5. The predicted molar refractivity (Wildman–Crippen MR) is 135 cm³/mol. The molecule has 10 heteroatoms. The van der Waals surface area contributed by atoms with E-state index >= 15 is 0 Å². The third-order valence-corrected chi connectivity index (χ3v) is 7.80. The molecule has 184 valence electrons. The number of fused-ring (bicyclic) bond motifs is 1. The van der Waals surface area contributed by atoms with Gasteiger partial charge in [-0.25, -0.2) is 18.1 Å². The van der Waals surface area contributed by atoms with E-state index in [1.165, 1.54) is 0 Å². The van der Waals surface area contributed by atoms with Crippen molar-refractivity contribution in [1.82, 2.24) is 24.5 Å². The molecule has 0 saturated carbocycles. The molecule has 1 aromatic carbocycles. The summed E-state index contributed by atoms with van der Waals surface area (Å²) in [6, 6.07) is 8.48. The summed E-state index contributed by atoms with van der Waals surface area (Å²) >= 11 is 6.04. The number of benzene rings is 1. The standard InChI is InChI=1S/C24H32ClN5O3S/c1-29-11-13-30(14-12-29)10-3-15-33-21-5-7-22(8-6-21)34(31,32)28-9-2-4-19-17-26-24-23(19)16-20(25)18-27-24/h5-8,16-18,28H,2-4,9-15H2,1H3,(H,26,27). The first-order chi connectivity index (χ1) is 16.4. The molecule has 0 unspecified atom stereocenters. The van der Waals surface area contributed by atoms with Gasteiger partial charge in [-0.15, -0.1) is 0 Å². The van der Waals surface area contributed by atoms with Crippen LogP contribution < -0.4 is 9.46 Å². The van der Waals surface area contributed by atoms with Crippen molar-refractivity contribution in [1.29, 1.82) is 0 Å². The summed E-state index contributed by atoms with van der Waals surface area (Å²) in [6.07, 6.45) is 5.82. The number of aromatic nitrogens is 2. The molecule has 1 aliphatic rings. The van der Waals surface area contributed by atoms with E-state index in [4.69, 9.17) is 16.3 Å². The van der Waals surface area contributed by atoms with Gasteiger partial charge in [0, 0.05) is 57.0 Å². The van der Waals surface area contributed by atoms with Gasteiger partial charge in [0.1, 0.15) is 11.4 Å². The van der Waals surface area contributed by atoms with Crippen molar-refractivity contribution in [2.75, 3.05) is 52.9 Å². The number of ether oxygens (including phenoxy) is 1. The number of hydrogen-bond acceptors (Lipinski definition) is 6. The van der Waals surface area contributed by atoms with Crippen LogP contribution in [0.4, 0.5) is 0 Å². The lowest BCUT2D eigenvalue weighted by Gasteiger charge is -2.32. The van der Waals surface area contributed by atoms with Crippen LogP contribution in [0.25, 0.3) is 11.0 Å². The molecular formula is C24H32ClN5O3S. The van der Waals surface area contributed by atoms with Gasteiger partial charge in [0.05, 0.1) is 16.5 Å². The Morgan fingerprint density at radius 1 is 1.15 bits per heavy atom. The summed E-state index contributed by atoms with van der Waals surface area (Å²) in [6.45, 7) is 6.40. The molecule has 1 fully saturated rings. The molecule has 2 N–H and O–H groups in total. The fourth-order valence-corrected chi connectivity index (χ4v) is 5.30. The molecule has 0 bridgehead atoms. The van der Waals surface area contributed by atoms with Gasteiger partial charge in [-0.2, -0.15) is 0 Å². The van der Waals surface area contributed by atoms with Gasteiger partial charge in [0.2, 0.25) is 10.0 Å². The van der Waals surface area contributed by atoms with Crippen LogP contribution >= 0.6 is 11.6 Å². The maximum Gasteiger partial charge on any atom is 0.240 e. The lowest BCUT2D eigenvalue weighted by Crippen LogP contribution is -2.44. The highest BCUT2D eigenvalue weighted by Crippen LogP contribution is 2.21. The van der Waals surface area contributed by atoms with Gasteiger partial charge in [0.25, 0.3) is 0 Å². The van der Waals surface area contributed by atoms with E-state index in [0.29, 0.717) is 36.8 Å². The number of hydrogen-bond donors (Lipinski definition) is 2. The minimum atomic E-state index is -3.57. The number of halogens is 1. The second kappa shape index (κ2) is 11.5. The first-order valence-corrected chi connectivity index (χ1v) is 13.5. The van der Waals surface area contributed by atoms with Crippen LogP contribution in [0.2, 0.25) is 5.02 Å². The Hall–Kier alpha value is -2.17. The summed E-state index contributed by atoms with van der Waals surface area (Å²) in [5.74, 6) is 0.684. The van der Waals surface area contributed by atoms with Crippen molar-refractivity contribution >= 4 is 32.7 Å². The first kappa shape index (κ1) is 24.9. The number of piperazine rings is 1. The van der Waals surface area contributed by atoms with Crippen LogP contribution in [-0.2, 0) is 16.4 Å². The van der Waals surface area contributed by atoms with E-state index in [0.717, 1.165) is 55.7 Å². The summed E-state index contributed by atoms with van der Waals surface area (Å²) in [5.41, 5.74) is 1.85. The fraction of sp³-hybridized carbons (Fsp3) is 0.458. The van der Waals surface area contributed by atoms with Gasteiger partial charge in [-0.1, -0.05) is 11.6 Å². The number of pyridine rings is 1. The number of nitrogens with zero attached hydrogens (tertiary/aromatic N) is 3. The average Bonchev–Trinajstić information content (AvgIpc) is 3.23. The summed E-state index contributed by atoms with van der Waals surface area (Å²) in [4.78, 5) is 12.4. The van der Waals surface area contributed by atoms with Crippen molar-refractivity contribution in [2.24, 2.45) is 0 Å². The zero-order chi connectivity index (χ0) is 24.0. The third kappa shape index (κ3) is 6.70. The molecule has 34 heavy (non-hydrogen) atoms. The molecule has 4 rings (SSSR count). The van der Waals surface area contributed by atoms with E-state index < -0.39 is 10.0 Å². The first-order valence-electron chi connectivity index (χ1n) is 11.7. The van der Waals surface area contributed by atoms with E-state index in [-0.39, 0.29) is 4.90 Å². The number of sulfonamides is 1. The molecule has 0 amide bonds. The smallest absolute Gasteiger partial charge is 0.240 e. The van der Waals surface area contributed by atoms with Gasteiger partial charge < -0.3 is 19.5 Å². The lowest BCUT2D eigenvalue weighted by atomic mass is 10.1. The molecule has 2 aromatic heterocycles. The molecule has 3 aromatic rings. The van der Waals surface area contributed by atoms with Crippen molar-refractivity contribution in [3.8, 4) is 5.75 Å². The third-order valence-electron chi connectivity index (χ3n) is 6.12. The second-order valence-electron chi connectivity index (χ2n) is 8.68. The molecule has 0 atom stereocenters. The minimum absolute atomic E-state index is 0.236. The predicted octanol–water partition coefficient (Wildman–Crippen LogP) is 3.14. The van der Waals surface area contributed by atoms with Crippen molar-refractivity contribution in [2.45, 2.75) is 24.2 Å². The monoisotopic (exact) mass is 505 g/mol. The zero-order valence-corrected chi connectivity index (χ0v) is 21.0. The Balaban J connectivity index is 1.19. The van der Waals surface area contributed by atoms with E-state index in [1.807, 2.05) is 12.3 Å². The molecule has 3 heterocycles.